The first-order valence-corrected chi connectivity index (χ1v) is 4.49. The lowest BCUT2D eigenvalue weighted by molar-refractivity contribution is -0.138. The Labute approximate surface area is 75.7 Å². The lowest BCUT2D eigenvalue weighted by Gasteiger charge is -2.23. The molecule has 0 aromatic rings. The largest absolute Gasteiger partial charge is 0.480 e. The standard InChI is InChI=1S/C8H11ClO3/c9-8(6(10)11)5-7(8)1-3-12-4-2-7/h1-5H2,(H,10,11). The van der Waals surface area contributed by atoms with Crippen molar-refractivity contribution in [3.63, 3.8) is 0 Å². The first kappa shape index (κ1) is 8.32. The van der Waals surface area contributed by atoms with Crippen molar-refractivity contribution in [2.75, 3.05) is 13.2 Å². The molecule has 2 rings (SSSR count). The van der Waals surface area contributed by atoms with Crippen LogP contribution in [0.3, 0.4) is 0 Å². The second kappa shape index (κ2) is 2.36. The van der Waals surface area contributed by atoms with Gasteiger partial charge in [0.1, 0.15) is 4.87 Å². The molecule has 0 aromatic heterocycles. The molecule has 1 aliphatic carbocycles. The number of carboxylic acid groups (broad SMARTS) is 1. The molecule has 68 valence electrons. The molecular formula is C8H11ClO3. The molecule has 0 bridgehead atoms. The third-order valence-corrected chi connectivity index (χ3v) is 3.78. The van der Waals surface area contributed by atoms with Gasteiger partial charge in [0.15, 0.2) is 0 Å². The molecule has 0 amide bonds. The Bertz CT molecular complexity index is 222. The SMILES string of the molecule is O=C(O)C1(Cl)CC12CCOCC2. The first-order chi connectivity index (χ1) is 5.61. The fourth-order valence-corrected chi connectivity index (χ4v) is 2.50. The van der Waals surface area contributed by atoms with Gasteiger partial charge in [-0.2, -0.15) is 0 Å². The summed E-state index contributed by atoms with van der Waals surface area (Å²) in [7, 11) is 0. The van der Waals surface area contributed by atoms with E-state index < -0.39 is 10.8 Å². The maximum Gasteiger partial charge on any atom is 0.325 e. The van der Waals surface area contributed by atoms with Crippen LogP contribution >= 0.6 is 11.6 Å². The van der Waals surface area contributed by atoms with Crippen LogP contribution in [-0.4, -0.2) is 29.2 Å². The zero-order valence-corrected chi connectivity index (χ0v) is 7.43. The number of hydrogen-bond acceptors (Lipinski definition) is 2. The van der Waals surface area contributed by atoms with Gasteiger partial charge in [-0.3, -0.25) is 4.79 Å². The molecule has 1 saturated heterocycles. The van der Waals surface area contributed by atoms with Crippen molar-refractivity contribution in [1.29, 1.82) is 0 Å². The predicted molar refractivity (Wildman–Crippen MR) is 43.3 cm³/mol. The Hall–Kier alpha value is -0.280. The fourth-order valence-electron chi connectivity index (χ4n) is 2.06. The number of hydrogen-bond donors (Lipinski definition) is 1. The van der Waals surface area contributed by atoms with Gasteiger partial charge >= 0.3 is 5.97 Å². The van der Waals surface area contributed by atoms with Gasteiger partial charge in [-0.05, 0) is 19.3 Å². The van der Waals surface area contributed by atoms with E-state index in [-0.39, 0.29) is 5.41 Å². The number of carbonyl (C=O) groups is 1. The van der Waals surface area contributed by atoms with E-state index in [1.807, 2.05) is 0 Å². The van der Waals surface area contributed by atoms with Crippen LogP contribution in [0.4, 0.5) is 0 Å². The van der Waals surface area contributed by atoms with Crippen LogP contribution in [0.15, 0.2) is 0 Å². The van der Waals surface area contributed by atoms with Crippen LogP contribution in [0.5, 0.6) is 0 Å². The number of aliphatic carboxylic acids is 1. The van der Waals surface area contributed by atoms with Gasteiger partial charge in [0.2, 0.25) is 0 Å². The van der Waals surface area contributed by atoms with Crippen molar-refractivity contribution in [2.24, 2.45) is 5.41 Å². The molecule has 12 heavy (non-hydrogen) atoms. The molecular weight excluding hydrogens is 180 g/mol. The van der Waals surface area contributed by atoms with Crippen molar-refractivity contribution in [3.8, 4) is 0 Å². The minimum Gasteiger partial charge on any atom is -0.480 e. The highest BCUT2D eigenvalue weighted by molar-refractivity contribution is 6.37. The average Bonchev–Trinajstić information content (AvgIpc) is 2.59. The average molecular weight is 191 g/mol. The molecule has 2 fully saturated rings. The number of rotatable bonds is 1. The van der Waals surface area contributed by atoms with E-state index in [2.05, 4.69) is 0 Å². The van der Waals surface area contributed by atoms with Gasteiger partial charge in [0.05, 0.1) is 0 Å². The van der Waals surface area contributed by atoms with Crippen molar-refractivity contribution < 1.29 is 14.6 Å². The Balaban J connectivity index is 2.12. The lowest BCUT2D eigenvalue weighted by atomic mass is 9.94. The Morgan fingerprint density at radius 2 is 2.00 bits per heavy atom. The smallest absolute Gasteiger partial charge is 0.325 e. The number of carboxylic acids is 1. The van der Waals surface area contributed by atoms with Gasteiger partial charge in [0.25, 0.3) is 0 Å². The van der Waals surface area contributed by atoms with Gasteiger partial charge < -0.3 is 9.84 Å². The van der Waals surface area contributed by atoms with Crippen molar-refractivity contribution in [1.82, 2.24) is 0 Å². The molecule has 2 aliphatic rings. The van der Waals surface area contributed by atoms with E-state index in [4.69, 9.17) is 21.4 Å². The highest BCUT2D eigenvalue weighted by Gasteiger charge is 2.71. The van der Waals surface area contributed by atoms with E-state index in [0.717, 1.165) is 12.8 Å². The molecule has 0 aromatic carbocycles. The summed E-state index contributed by atoms with van der Waals surface area (Å²) in [6.07, 6.45) is 2.20. The molecule has 1 atom stereocenters. The summed E-state index contributed by atoms with van der Waals surface area (Å²) in [5.74, 6) is -0.869. The Morgan fingerprint density at radius 1 is 1.42 bits per heavy atom. The quantitative estimate of drug-likeness (QED) is 0.633. The summed E-state index contributed by atoms with van der Waals surface area (Å²) in [6.45, 7) is 1.31. The summed E-state index contributed by atoms with van der Waals surface area (Å²) in [6, 6.07) is 0. The normalized spacial score (nSPS) is 38.1. The zero-order valence-electron chi connectivity index (χ0n) is 6.68. The van der Waals surface area contributed by atoms with Crippen LogP contribution in [0.2, 0.25) is 0 Å². The monoisotopic (exact) mass is 190 g/mol. The van der Waals surface area contributed by atoms with Gasteiger partial charge in [-0.15, -0.1) is 11.6 Å². The van der Waals surface area contributed by atoms with E-state index >= 15 is 0 Å². The molecule has 1 saturated carbocycles. The van der Waals surface area contributed by atoms with E-state index in [1.54, 1.807) is 0 Å². The van der Waals surface area contributed by atoms with Crippen LogP contribution in [-0.2, 0) is 9.53 Å². The Morgan fingerprint density at radius 3 is 2.42 bits per heavy atom. The second-order valence-electron chi connectivity index (χ2n) is 3.68. The first-order valence-electron chi connectivity index (χ1n) is 4.11. The molecule has 1 aliphatic heterocycles. The van der Waals surface area contributed by atoms with Crippen LogP contribution in [0, 0.1) is 5.41 Å². The molecule has 4 heteroatoms. The molecule has 1 unspecified atom stereocenters. The van der Waals surface area contributed by atoms with E-state index in [0.29, 0.717) is 19.6 Å². The van der Waals surface area contributed by atoms with Crippen molar-refractivity contribution in [3.05, 3.63) is 0 Å². The molecule has 3 nitrogen and oxygen atoms in total. The zero-order chi connectivity index (χ0) is 8.82. The Kier molecular flexibility index (Phi) is 1.64. The van der Waals surface area contributed by atoms with E-state index in [1.165, 1.54) is 0 Å². The van der Waals surface area contributed by atoms with Gasteiger partial charge in [-0.25, -0.2) is 0 Å². The van der Waals surface area contributed by atoms with Crippen molar-refractivity contribution in [2.45, 2.75) is 24.1 Å². The second-order valence-corrected chi connectivity index (χ2v) is 4.32. The van der Waals surface area contributed by atoms with Gasteiger partial charge in [0, 0.05) is 18.6 Å². The highest BCUT2D eigenvalue weighted by atomic mass is 35.5. The fraction of sp³-hybridized carbons (Fsp3) is 0.875. The lowest BCUT2D eigenvalue weighted by Crippen LogP contribution is -2.29. The summed E-state index contributed by atoms with van der Waals surface area (Å²) in [4.78, 5) is 9.81. The highest BCUT2D eigenvalue weighted by Crippen LogP contribution is 2.66. The minimum absolute atomic E-state index is 0.154. The maximum atomic E-state index is 10.8. The summed E-state index contributed by atoms with van der Waals surface area (Å²) < 4.78 is 5.17. The topological polar surface area (TPSA) is 46.5 Å². The molecule has 1 spiro atoms. The summed E-state index contributed by atoms with van der Waals surface area (Å²) in [5, 5.41) is 8.86. The minimum atomic E-state index is -0.975. The molecule has 1 N–H and O–H groups in total. The summed E-state index contributed by atoms with van der Waals surface area (Å²) in [5.41, 5.74) is -0.154. The third kappa shape index (κ3) is 0.896. The number of halogens is 1. The molecule has 1 heterocycles. The van der Waals surface area contributed by atoms with Crippen molar-refractivity contribution >= 4 is 17.6 Å². The number of ether oxygens (including phenoxy) is 1. The maximum absolute atomic E-state index is 10.8. The predicted octanol–water partition coefficient (Wildman–Crippen LogP) is 1.25. The molecule has 0 radical (unpaired) electrons. The number of alkyl halides is 1. The third-order valence-electron chi connectivity index (χ3n) is 3.09. The van der Waals surface area contributed by atoms with Crippen LogP contribution < -0.4 is 0 Å². The van der Waals surface area contributed by atoms with Gasteiger partial charge in [-0.1, -0.05) is 0 Å². The van der Waals surface area contributed by atoms with Crippen LogP contribution in [0.25, 0.3) is 0 Å². The summed E-state index contributed by atoms with van der Waals surface area (Å²) >= 11 is 5.96. The van der Waals surface area contributed by atoms with Crippen LogP contribution in [0.1, 0.15) is 19.3 Å². The van der Waals surface area contributed by atoms with E-state index in [9.17, 15) is 4.79 Å².